The Kier molecular flexibility index (Phi) is 4.53. The van der Waals surface area contributed by atoms with Gasteiger partial charge in [0.15, 0.2) is 0 Å². The van der Waals surface area contributed by atoms with Gasteiger partial charge in [0.25, 0.3) is 0 Å². The Balaban J connectivity index is 1.44. The number of hydrogen-bond donors (Lipinski definition) is 2. The van der Waals surface area contributed by atoms with E-state index in [-0.39, 0.29) is 12.1 Å². The molecule has 6 nitrogen and oxygen atoms in total. The van der Waals surface area contributed by atoms with Gasteiger partial charge in [0.1, 0.15) is 0 Å². The van der Waals surface area contributed by atoms with Crippen LogP contribution in [-0.4, -0.2) is 20.8 Å². The Labute approximate surface area is 156 Å². The van der Waals surface area contributed by atoms with Crippen LogP contribution in [0.4, 0.5) is 10.5 Å². The van der Waals surface area contributed by atoms with Crippen molar-refractivity contribution >= 4 is 22.6 Å². The maximum Gasteiger partial charge on any atom is 0.319 e. The number of para-hydroxylation sites is 1. The third-order valence-electron chi connectivity index (χ3n) is 4.40. The minimum Gasteiger partial charge on any atom is -0.331 e. The molecule has 0 aliphatic rings. The van der Waals surface area contributed by atoms with Crippen molar-refractivity contribution < 1.29 is 4.79 Å². The number of urea groups is 1. The van der Waals surface area contributed by atoms with Crippen LogP contribution in [0, 0.1) is 0 Å². The number of carbonyl (C=O) groups is 1. The zero-order valence-corrected chi connectivity index (χ0v) is 14.8. The van der Waals surface area contributed by atoms with Crippen LogP contribution in [0.25, 0.3) is 16.6 Å². The first-order chi connectivity index (χ1) is 13.2. The van der Waals surface area contributed by atoms with E-state index in [0.29, 0.717) is 0 Å². The highest BCUT2D eigenvalue weighted by atomic mass is 16.2. The smallest absolute Gasteiger partial charge is 0.319 e. The van der Waals surface area contributed by atoms with Crippen molar-refractivity contribution in [2.75, 3.05) is 5.32 Å². The quantitative estimate of drug-likeness (QED) is 0.572. The van der Waals surface area contributed by atoms with Crippen LogP contribution in [0.15, 0.2) is 79.3 Å². The van der Waals surface area contributed by atoms with Crippen molar-refractivity contribution in [3.05, 3.63) is 84.8 Å². The van der Waals surface area contributed by atoms with E-state index < -0.39 is 0 Å². The number of anilines is 1. The number of carbonyl (C=O) groups excluding carboxylic acids is 1. The molecule has 27 heavy (non-hydrogen) atoms. The van der Waals surface area contributed by atoms with E-state index in [4.69, 9.17) is 0 Å². The molecule has 2 N–H and O–H groups in total. The molecular weight excluding hydrogens is 338 g/mol. The predicted octanol–water partition coefficient (Wildman–Crippen LogP) is 4.30. The minimum absolute atomic E-state index is 0.109. The van der Waals surface area contributed by atoms with Crippen molar-refractivity contribution in [2.24, 2.45) is 0 Å². The lowest BCUT2D eigenvalue weighted by Crippen LogP contribution is -2.31. The van der Waals surface area contributed by atoms with Gasteiger partial charge in [-0.25, -0.2) is 9.48 Å². The van der Waals surface area contributed by atoms with Crippen LogP contribution in [0.5, 0.6) is 0 Å². The minimum atomic E-state index is -0.253. The maximum absolute atomic E-state index is 12.2. The Hall–Kier alpha value is -3.67. The first-order valence-corrected chi connectivity index (χ1v) is 8.71. The second-order valence-corrected chi connectivity index (χ2v) is 6.26. The molecule has 0 saturated carbocycles. The molecule has 1 atom stereocenters. The topological polar surface area (TPSA) is 71.8 Å². The molecule has 0 fully saturated rings. The van der Waals surface area contributed by atoms with Gasteiger partial charge in [-0.05, 0) is 55.0 Å². The molecular formula is C21H19N5O. The fourth-order valence-electron chi connectivity index (χ4n) is 2.96. The van der Waals surface area contributed by atoms with E-state index >= 15 is 0 Å². The summed E-state index contributed by atoms with van der Waals surface area (Å²) in [6, 6.07) is 19.0. The molecule has 0 bridgehead atoms. The molecule has 0 saturated heterocycles. The van der Waals surface area contributed by atoms with Crippen LogP contribution < -0.4 is 10.6 Å². The number of nitrogens with zero attached hydrogens (tertiary/aromatic N) is 3. The van der Waals surface area contributed by atoms with Gasteiger partial charge < -0.3 is 10.6 Å². The molecule has 4 aromatic rings. The number of rotatable bonds is 4. The summed E-state index contributed by atoms with van der Waals surface area (Å²) in [5, 5.41) is 11.3. The van der Waals surface area contributed by atoms with Crippen molar-refractivity contribution in [2.45, 2.75) is 13.0 Å². The van der Waals surface area contributed by atoms with Gasteiger partial charge in [0, 0.05) is 23.5 Å². The molecule has 2 aromatic heterocycles. The highest BCUT2D eigenvalue weighted by molar-refractivity contribution is 5.89. The summed E-state index contributed by atoms with van der Waals surface area (Å²) in [5.41, 5.74) is 3.70. The van der Waals surface area contributed by atoms with Crippen LogP contribution in [0.1, 0.15) is 18.5 Å². The van der Waals surface area contributed by atoms with Crippen molar-refractivity contribution in [3.8, 4) is 5.69 Å². The van der Waals surface area contributed by atoms with E-state index in [1.54, 1.807) is 12.4 Å². The number of benzene rings is 2. The first-order valence-electron chi connectivity index (χ1n) is 8.71. The second kappa shape index (κ2) is 7.29. The van der Waals surface area contributed by atoms with E-state index in [0.717, 1.165) is 27.8 Å². The molecule has 0 unspecified atom stereocenters. The molecule has 0 aliphatic heterocycles. The second-order valence-electron chi connectivity index (χ2n) is 6.26. The third-order valence-corrected chi connectivity index (χ3v) is 4.40. The van der Waals surface area contributed by atoms with Gasteiger partial charge in [0.05, 0.1) is 23.4 Å². The number of fused-ring (bicyclic) bond motifs is 1. The molecule has 0 aliphatic carbocycles. The maximum atomic E-state index is 12.2. The Bertz CT molecular complexity index is 1060. The summed E-state index contributed by atoms with van der Waals surface area (Å²) in [4.78, 5) is 16.2. The first kappa shape index (κ1) is 16.8. The fourth-order valence-corrected chi connectivity index (χ4v) is 2.96. The van der Waals surface area contributed by atoms with Crippen LogP contribution in [-0.2, 0) is 0 Å². The highest BCUT2D eigenvalue weighted by Crippen LogP contribution is 2.19. The number of nitrogens with one attached hydrogen (secondary N) is 2. The SMILES string of the molecule is C[C@H](NC(=O)Nc1ccc(-n2ncc3ccccc32)cc1)c1ccncc1. The molecule has 4 rings (SSSR count). The lowest BCUT2D eigenvalue weighted by atomic mass is 10.1. The largest absolute Gasteiger partial charge is 0.331 e. The average Bonchev–Trinajstić information content (AvgIpc) is 3.13. The van der Waals surface area contributed by atoms with E-state index in [1.807, 2.05) is 78.5 Å². The van der Waals surface area contributed by atoms with E-state index in [2.05, 4.69) is 20.7 Å². The van der Waals surface area contributed by atoms with Gasteiger partial charge >= 0.3 is 6.03 Å². The van der Waals surface area contributed by atoms with Crippen molar-refractivity contribution in [1.82, 2.24) is 20.1 Å². The Morgan fingerprint density at radius 3 is 2.52 bits per heavy atom. The standard InChI is InChI=1S/C21H19N5O/c1-15(16-10-12-22-13-11-16)24-21(27)25-18-6-8-19(9-7-18)26-20-5-3-2-4-17(20)14-23-26/h2-15H,1H3,(H2,24,25,27)/t15-/m0/s1. The normalized spacial score (nSPS) is 11.9. The summed E-state index contributed by atoms with van der Waals surface area (Å²) in [5.74, 6) is 0. The average molecular weight is 357 g/mol. The monoisotopic (exact) mass is 357 g/mol. The zero-order valence-electron chi connectivity index (χ0n) is 14.8. The van der Waals surface area contributed by atoms with E-state index in [1.165, 1.54) is 0 Å². The summed E-state index contributed by atoms with van der Waals surface area (Å²) >= 11 is 0. The Morgan fingerprint density at radius 1 is 1.00 bits per heavy atom. The lowest BCUT2D eigenvalue weighted by Gasteiger charge is -2.15. The molecule has 2 aromatic carbocycles. The summed E-state index contributed by atoms with van der Waals surface area (Å²) in [6.07, 6.45) is 5.27. The van der Waals surface area contributed by atoms with Gasteiger partial charge in [-0.15, -0.1) is 0 Å². The van der Waals surface area contributed by atoms with Crippen LogP contribution in [0.3, 0.4) is 0 Å². The summed E-state index contributed by atoms with van der Waals surface area (Å²) in [6.45, 7) is 1.93. The molecule has 2 amide bonds. The van der Waals surface area contributed by atoms with Crippen molar-refractivity contribution in [1.29, 1.82) is 0 Å². The highest BCUT2D eigenvalue weighted by Gasteiger charge is 2.10. The van der Waals surface area contributed by atoms with Gasteiger partial charge in [-0.2, -0.15) is 5.10 Å². The molecule has 2 heterocycles. The summed E-state index contributed by atoms with van der Waals surface area (Å²) in [7, 11) is 0. The lowest BCUT2D eigenvalue weighted by molar-refractivity contribution is 0.249. The Morgan fingerprint density at radius 2 is 1.74 bits per heavy atom. The predicted molar refractivity (Wildman–Crippen MR) is 106 cm³/mol. The number of hydrogen-bond acceptors (Lipinski definition) is 3. The fraction of sp³-hybridized carbons (Fsp3) is 0.0952. The van der Waals surface area contributed by atoms with Gasteiger partial charge in [-0.3, -0.25) is 4.98 Å². The number of amides is 2. The third kappa shape index (κ3) is 3.64. The van der Waals surface area contributed by atoms with Crippen LogP contribution in [0.2, 0.25) is 0 Å². The van der Waals surface area contributed by atoms with Crippen molar-refractivity contribution in [3.63, 3.8) is 0 Å². The molecule has 6 heteroatoms. The van der Waals surface area contributed by atoms with E-state index in [9.17, 15) is 4.79 Å². The van der Waals surface area contributed by atoms with Crippen LogP contribution >= 0.6 is 0 Å². The van der Waals surface area contributed by atoms with Gasteiger partial charge in [0.2, 0.25) is 0 Å². The molecule has 134 valence electrons. The zero-order chi connectivity index (χ0) is 18.6. The van der Waals surface area contributed by atoms with Gasteiger partial charge in [-0.1, -0.05) is 18.2 Å². The number of pyridine rings is 1. The molecule has 0 spiro atoms. The number of aromatic nitrogens is 3. The summed E-state index contributed by atoms with van der Waals surface area (Å²) < 4.78 is 1.88. The molecule has 0 radical (unpaired) electrons.